The van der Waals surface area contributed by atoms with Crippen LogP contribution >= 0.6 is 23.1 Å². The average molecular weight is 892 g/mol. The number of para-hydroxylation sites is 2. The van der Waals surface area contributed by atoms with Crippen LogP contribution in [0.5, 0.6) is 11.5 Å². The Balaban J connectivity index is 0.000000389. The van der Waals surface area contributed by atoms with Crippen molar-refractivity contribution in [1.82, 2.24) is 4.90 Å². The van der Waals surface area contributed by atoms with Gasteiger partial charge >= 0.3 is 0 Å². The van der Waals surface area contributed by atoms with Crippen LogP contribution in [0, 0.1) is 13.8 Å². The number of fused-ring (bicyclic) bond motifs is 2. The highest BCUT2D eigenvalue weighted by molar-refractivity contribution is 8.03. The van der Waals surface area contributed by atoms with E-state index in [0.717, 1.165) is 41.3 Å². The number of unbranched alkanes of at least 4 members (excludes halogenated alkanes) is 2. The van der Waals surface area contributed by atoms with Crippen LogP contribution in [0.15, 0.2) is 77.6 Å². The van der Waals surface area contributed by atoms with Crippen LogP contribution in [-0.2, 0) is 7.05 Å². The zero-order valence-corrected chi connectivity index (χ0v) is 36.3. The quantitative estimate of drug-likeness (QED) is 0.0759. The number of aryl methyl sites for hydroxylation is 2. The van der Waals surface area contributed by atoms with Gasteiger partial charge in [-0.1, -0.05) is 102 Å². The number of thioether (sulfide) groups is 1. The number of benzene rings is 2. The van der Waals surface area contributed by atoms with Gasteiger partial charge in [0.2, 0.25) is 21.4 Å². The van der Waals surface area contributed by atoms with Crippen LogP contribution in [0.1, 0.15) is 83.9 Å². The molecule has 0 atom stereocenters. The van der Waals surface area contributed by atoms with Crippen LogP contribution in [0.2, 0.25) is 0 Å². The third-order valence-corrected chi connectivity index (χ3v) is 11.1. The third kappa shape index (κ3) is 12.3. The summed E-state index contributed by atoms with van der Waals surface area (Å²) in [5, 5.41) is 2.28. The first-order valence-corrected chi connectivity index (χ1v) is 19.8. The molecule has 5 aromatic rings. The Bertz CT molecular complexity index is 2070. The van der Waals surface area contributed by atoms with E-state index < -0.39 is 21.7 Å². The molecule has 0 unspecified atom stereocenters. The normalized spacial score (nSPS) is 12.2. The fraction of sp³-hybridized carbons (Fsp3) is 0.452. The number of thiazole rings is 1. The number of anilines is 1. The lowest BCUT2D eigenvalue weighted by molar-refractivity contribution is -0.646. The summed E-state index contributed by atoms with van der Waals surface area (Å²) in [5.74, 6) is 0.490. The van der Waals surface area contributed by atoms with Gasteiger partial charge in [-0.15, -0.1) is 0 Å². The largest absolute Gasteiger partial charge is 1.00 e. The Labute approximate surface area is 346 Å². The lowest BCUT2D eigenvalue weighted by Crippen LogP contribution is -3.00. The van der Waals surface area contributed by atoms with E-state index in [-0.39, 0.29) is 42.9 Å². The zero-order valence-electron chi connectivity index (χ0n) is 32.5. The van der Waals surface area contributed by atoms with Crippen molar-refractivity contribution in [3.05, 3.63) is 111 Å². The van der Waals surface area contributed by atoms with Crippen molar-refractivity contribution in [2.24, 2.45) is 7.05 Å². The average Bonchev–Trinajstić information content (AvgIpc) is 3.65. The minimum atomic E-state index is -0.508. The molecule has 2 heterocycles. The van der Waals surface area contributed by atoms with Gasteiger partial charge in [-0.3, -0.25) is 19.2 Å². The van der Waals surface area contributed by atoms with Gasteiger partial charge in [0, 0.05) is 30.5 Å². The molecule has 4 aromatic carbocycles. The summed E-state index contributed by atoms with van der Waals surface area (Å²) in [6.07, 6.45) is 5.55. The number of hydrogen-bond donors (Lipinski definition) is 0. The third-order valence-electron chi connectivity index (χ3n) is 8.82. The van der Waals surface area contributed by atoms with E-state index >= 15 is 0 Å². The second kappa shape index (κ2) is 24.2. The molecule has 0 bridgehead atoms. The van der Waals surface area contributed by atoms with Crippen molar-refractivity contribution in [3.63, 3.8) is 0 Å². The maximum absolute atomic E-state index is 11.8. The maximum atomic E-state index is 11.8. The molecule has 0 radical (unpaired) electrons. The molecule has 12 heteroatoms. The molecule has 0 N–H and O–H groups in total. The molecule has 0 aliphatic carbocycles. The standard InChI is InChI=1S/C17H17NO3S.C9H10NS.C9H12O3.C6H15N.CH4.HI/c1-3-4-9-21-17-11(15(19)16(17)20)10-14-18(2)12-7-5-6-8-13(12)22-14;1-7-10(2)8-5-3-4-6-9(8)11-7;1-3-4-5-12-9-6(2)7(10)8(9)11;1-4-7(5-2)6-3;;/h5-8,10H,3-4,9H2,1-2H3;3-6H,1-2H3;3-5H2,1-2H3;4-6H2,1-3H3;1H4;1H/q;+1;;;;/p-1. The SMILES string of the molecule is C.CCCCOc1c(C)c(=O)c1=O.CCCCOc1c(C=C2Sc3ccccc3N2C)c(=O)c1=O.CCN(CC)CC.Cc1sc2ccccc2[n+]1C.[I-]. The van der Waals surface area contributed by atoms with Crippen molar-refractivity contribution < 1.29 is 38.0 Å². The summed E-state index contributed by atoms with van der Waals surface area (Å²) in [7, 11) is 4.06. The molecule has 0 saturated heterocycles. The maximum Gasteiger partial charge on any atom is 0.268 e. The van der Waals surface area contributed by atoms with E-state index in [2.05, 4.69) is 75.4 Å². The molecule has 54 heavy (non-hydrogen) atoms. The monoisotopic (exact) mass is 891 g/mol. The van der Waals surface area contributed by atoms with Crippen molar-refractivity contribution in [2.75, 3.05) is 44.8 Å². The van der Waals surface area contributed by atoms with Crippen molar-refractivity contribution in [1.29, 1.82) is 0 Å². The van der Waals surface area contributed by atoms with Crippen LogP contribution in [0.25, 0.3) is 16.3 Å². The highest BCUT2D eigenvalue weighted by Crippen LogP contribution is 2.45. The zero-order chi connectivity index (χ0) is 38.4. The van der Waals surface area contributed by atoms with E-state index in [1.807, 2.05) is 54.5 Å². The van der Waals surface area contributed by atoms with E-state index in [0.29, 0.717) is 24.3 Å². The van der Waals surface area contributed by atoms with E-state index in [1.54, 1.807) is 24.8 Å². The summed E-state index contributed by atoms with van der Waals surface area (Å²) in [6, 6.07) is 16.5. The Morgan fingerprint density at radius 1 is 0.759 bits per heavy atom. The van der Waals surface area contributed by atoms with Crippen molar-refractivity contribution >= 4 is 45.1 Å². The predicted molar refractivity (Wildman–Crippen MR) is 225 cm³/mol. The van der Waals surface area contributed by atoms with Gasteiger partial charge in [0.1, 0.15) is 11.7 Å². The van der Waals surface area contributed by atoms with Crippen LogP contribution in [0.4, 0.5) is 5.69 Å². The fourth-order valence-electron chi connectivity index (χ4n) is 5.22. The van der Waals surface area contributed by atoms with Crippen molar-refractivity contribution in [3.8, 4) is 11.5 Å². The van der Waals surface area contributed by atoms with Gasteiger partial charge in [0.25, 0.3) is 10.9 Å². The molecule has 6 rings (SSSR count). The lowest BCUT2D eigenvalue weighted by atomic mass is 10.1. The number of ether oxygens (including phenoxy) is 2. The molecule has 1 aromatic heterocycles. The second-order valence-corrected chi connectivity index (χ2v) is 14.6. The van der Waals surface area contributed by atoms with E-state index in [9.17, 15) is 19.2 Å². The van der Waals surface area contributed by atoms with Gasteiger partial charge in [-0.2, -0.15) is 4.57 Å². The van der Waals surface area contributed by atoms with Gasteiger partial charge in [0.05, 0.1) is 29.5 Å². The minimum absolute atomic E-state index is 0. The summed E-state index contributed by atoms with van der Waals surface area (Å²) in [6.45, 7) is 19.0. The van der Waals surface area contributed by atoms with Crippen LogP contribution in [0.3, 0.4) is 0 Å². The Morgan fingerprint density at radius 3 is 1.81 bits per heavy atom. The number of hydrogen-bond acceptors (Lipinski definition) is 10. The Kier molecular flexibility index (Phi) is 21.9. The predicted octanol–water partition coefficient (Wildman–Crippen LogP) is 4.79. The second-order valence-electron chi connectivity index (χ2n) is 12.3. The molecule has 1 aliphatic heterocycles. The summed E-state index contributed by atoms with van der Waals surface area (Å²) in [4.78, 5) is 50.6. The fourth-order valence-corrected chi connectivity index (χ4v) is 7.32. The smallest absolute Gasteiger partial charge is 0.268 e. The van der Waals surface area contributed by atoms with E-state index in [4.69, 9.17) is 9.47 Å². The first kappa shape index (κ1) is 48.7. The first-order chi connectivity index (χ1) is 24.9. The minimum Gasteiger partial charge on any atom is -1.00 e. The van der Waals surface area contributed by atoms with Gasteiger partial charge < -0.3 is 43.3 Å². The summed E-state index contributed by atoms with van der Waals surface area (Å²) >= 11 is 3.43. The highest BCUT2D eigenvalue weighted by Gasteiger charge is 2.26. The Morgan fingerprint density at radius 2 is 1.30 bits per heavy atom. The number of aromatic nitrogens is 1. The van der Waals surface area contributed by atoms with Gasteiger partial charge in [-0.25, -0.2) is 0 Å². The molecule has 1 aliphatic rings. The van der Waals surface area contributed by atoms with Gasteiger partial charge in [0.15, 0.2) is 11.5 Å². The van der Waals surface area contributed by atoms with Crippen LogP contribution in [-0.4, -0.2) is 44.8 Å². The molecule has 9 nitrogen and oxygen atoms in total. The lowest BCUT2D eigenvalue weighted by Gasteiger charge is -2.15. The number of rotatable bonds is 12. The molecule has 0 saturated carbocycles. The number of halogens is 1. The Hall–Kier alpha value is -3.33. The van der Waals surface area contributed by atoms with Crippen LogP contribution < -0.4 is 64.6 Å². The number of nitrogens with zero attached hydrogens (tertiary/aromatic N) is 3. The molecule has 0 fully saturated rings. The summed E-state index contributed by atoms with van der Waals surface area (Å²) in [5.41, 5.74) is 1.46. The molecule has 0 spiro atoms. The van der Waals surface area contributed by atoms with Crippen molar-refractivity contribution in [2.45, 2.75) is 86.5 Å². The summed E-state index contributed by atoms with van der Waals surface area (Å²) < 4.78 is 14.2. The molecule has 0 amide bonds. The first-order valence-electron chi connectivity index (χ1n) is 18.1. The topological polar surface area (TPSA) is 97.1 Å². The van der Waals surface area contributed by atoms with Gasteiger partial charge in [-0.05, 0) is 63.7 Å². The molecular weight excluding hydrogens is 834 g/mol. The van der Waals surface area contributed by atoms with E-state index in [1.165, 1.54) is 34.9 Å². The molecular formula is C42H58IN3O6S2. The molecule has 296 valence electrons. The highest BCUT2D eigenvalue weighted by atomic mass is 127.